The molecular weight excluding hydrogens is 446 g/mol. The van der Waals surface area contributed by atoms with E-state index in [1.807, 2.05) is 41.1 Å². The van der Waals surface area contributed by atoms with Crippen LogP contribution in [0.3, 0.4) is 0 Å². The number of carbonyl (C=O) groups excluding carboxylic acids is 3. The van der Waals surface area contributed by atoms with Gasteiger partial charge in [-0.15, -0.1) is 0 Å². The van der Waals surface area contributed by atoms with Gasteiger partial charge in [0.05, 0.1) is 12.4 Å². The lowest BCUT2D eigenvalue weighted by Crippen LogP contribution is -2.32. The molecule has 2 heterocycles. The van der Waals surface area contributed by atoms with Crippen LogP contribution >= 0.6 is 15.9 Å². The topological polar surface area (TPSA) is 72.3 Å². The van der Waals surface area contributed by atoms with E-state index in [1.165, 1.54) is 0 Å². The first-order chi connectivity index (χ1) is 14.6. The fraction of sp³-hybridized carbons (Fsp3) is 0.217. The lowest BCUT2D eigenvalue weighted by Gasteiger charge is -2.27. The predicted octanol–water partition coefficient (Wildman–Crippen LogP) is 3.69. The van der Waals surface area contributed by atoms with Crippen LogP contribution in [0.25, 0.3) is 0 Å². The normalized spacial score (nSPS) is 18.8. The van der Waals surface area contributed by atoms with Gasteiger partial charge in [0.25, 0.3) is 5.91 Å². The Hall–Kier alpha value is -3.06. The number of carbonyl (C=O) groups is 3. The number of Topliss-reactive ketones (excluding diaryl/α,β-unsaturated/α-hetero) is 2. The first-order valence-electron chi connectivity index (χ1n) is 9.71. The zero-order valence-electron chi connectivity index (χ0n) is 16.1. The van der Waals surface area contributed by atoms with Crippen molar-refractivity contribution in [2.75, 3.05) is 6.54 Å². The highest BCUT2D eigenvalue weighted by Gasteiger charge is 2.51. The summed E-state index contributed by atoms with van der Waals surface area (Å²) in [5.74, 6) is -2.61. The molecule has 6 nitrogen and oxygen atoms in total. The molecule has 0 bridgehead atoms. The van der Waals surface area contributed by atoms with Gasteiger partial charge in [-0.1, -0.05) is 58.4 Å². The number of nitrogens with zero attached hydrogens (tertiary/aromatic N) is 3. The van der Waals surface area contributed by atoms with Crippen LogP contribution in [0.5, 0.6) is 0 Å². The average molecular weight is 466 g/mol. The number of hydrogen-bond donors (Lipinski definition) is 0. The van der Waals surface area contributed by atoms with E-state index >= 15 is 0 Å². The van der Waals surface area contributed by atoms with Crippen molar-refractivity contribution >= 4 is 33.4 Å². The molecule has 1 aliphatic heterocycles. The molecule has 0 saturated carbocycles. The van der Waals surface area contributed by atoms with E-state index in [1.54, 1.807) is 41.7 Å². The largest absolute Gasteiger partial charge is 0.337 e. The maximum atomic E-state index is 13.3. The van der Waals surface area contributed by atoms with Crippen LogP contribution in [0.2, 0.25) is 0 Å². The van der Waals surface area contributed by atoms with E-state index in [0.29, 0.717) is 25.1 Å². The van der Waals surface area contributed by atoms with Crippen LogP contribution < -0.4 is 0 Å². The monoisotopic (exact) mass is 465 g/mol. The minimum absolute atomic E-state index is 0.327. The van der Waals surface area contributed by atoms with Gasteiger partial charge in [-0.3, -0.25) is 14.4 Å². The summed E-state index contributed by atoms with van der Waals surface area (Å²) in [7, 11) is 0. The number of likely N-dealkylation sites (tertiary alicyclic amines) is 1. The third-order valence-electron chi connectivity index (χ3n) is 5.33. The van der Waals surface area contributed by atoms with Crippen LogP contribution in [0, 0.1) is 5.92 Å². The lowest BCUT2D eigenvalue weighted by atomic mass is 9.86. The minimum atomic E-state index is -1.05. The number of ketones is 2. The van der Waals surface area contributed by atoms with Gasteiger partial charge in [0.1, 0.15) is 5.92 Å². The average Bonchev–Trinajstić information content (AvgIpc) is 3.37. The maximum absolute atomic E-state index is 13.3. The fourth-order valence-electron chi connectivity index (χ4n) is 3.89. The molecule has 0 N–H and O–H groups in total. The first-order valence-corrected chi connectivity index (χ1v) is 10.5. The van der Waals surface area contributed by atoms with E-state index in [2.05, 4.69) is 20.9 Å². The minimum Gasteiger partial charge on any atom is -0.337 e. The Labute approximate surface area is 182 Å². The van der Waals surface area contributed by atoms with Crippen LogP contribution in [0.15, 0.2) is 77.8 Å². The van der Waals surface area contributed by atoms with Crippen LogP contribution in [0.1, 0.15) is 28.4 Å². The van der Waals surface area contributed by atoms with Gasteiger partial charge in [0.15, 0.2) is 5.78 Å². The highest BCUT2D eigenvalue weighted by Crippen LogP contribution is 2.38. The molecule has 2 atom stereocenters. The number of imidazole rings is 1. The second-order valence-electron chi connectivity index (χ2n) is 7.22. The molecule has 0 spiro atoms. The molecular formula is C23H20BrN3O3. The summed E-state index contributed by atoms with van der Waals surface area (Å²) in [4.78, 5) is 44.7. The summed E-state index contributed by atoms with van der Waals surface area (Å²) < 4.78 is 2.76. The second-order valence-corrected chi connectivity index (χ2v) is 8.14. The second kappa shape index (κ2) is 8.75. The third-order valence-corrected chi connectivity index (χ3v) is 5.86. The molecule has 152 valence electrons. The number of rotatable bonds is 7. The SMILES string of the molecule is O=C1C(=O)N(CCCn2ccnc2)C(c2ccccc2)C1C(=O)c1ccc(Br)cc1. The summed E-state index contributed by atoms with van der Waals surface area (Å²) in [6.07, 6.45) is 5.92. The Balaban J connectivity index is 1.64. The quantitative estimate of drug-likeness (QED) is 0.303. The van der Waals surface area contributed by atoms with Crippen molar-refractivity contribution in [1.82, 2.24) is 14.5 Å². The van der Waals surface area contributed by atoms with Gasteiger partial charge in [0, 0.05) is 35.5 Å². The highest BCUT2D eigenvalue weighted by atomic mass is 79.9. The van der Waals surface area contributed by atoms with Crippen molar-refractivity contribution in [3.05, 3.63) is 88.9 Å². The molecule has 1 saturated heterocycles. The van der Waals surface area contributed by atoms with Crippen molar-refractivity contribution in [3.63, 3.8) is 0 Å². The van der Waals surface area contributed by atoms with E-state index < -0.39 is 23.7 Å². The van der Waals surface area contributed by atoms with Gasteiger partial charge >= 0.3 is 0 Å². The molecule has 7 heteroatoms. The predicted molar refractivity (Wildman–Crippen MR) is 115 cm³/mol. The molecule has 1 aliphatic rings. The number of aromatic nitrogens is 2. The van der Waals surface area contributed by atoms with E-state index in [-0.39, 0.29) is 5.78 Å². The Bertz CT molecular complexity index is 1050. The van der Waals surface area contributed by atoms with E-state index in [0.717, 1.165) is 10.0 Å². The molecule has 0 radical (unpaired) electrons. The van der Waals surface area contributed by atoms with Crippen LogP contribution in [-0.2, 0) is 16.1 Å². The fourth-order valence-corrected chi connectivity index (χ4v) is 4.15. The van der Waals surface area contributed by atoms with Crippen LogP contribution in [0.4, 0.5) is 0 Å². The molecule has 2 aromatic carbocycles. The number of amides is 1. The number of hydrogen-bond acceptors (Lipinski definition) is 4. The molecule has 2 unspecified atom stereocenters. The Morgan fingerprint density at radius 1 is 1.00 bits per heavy atom. The van der Waals surface area contributed by atoms with Crippen molar-refractivity contribution < 1.29 is 14.4 Å². The van der Waals surface area contributed by atoms with Crippen molar-refractivity contribution in [2.24, 2.45) is 5.92 Å². The molecule has 1 amide bonds. The molecule has 3 aromatic rings. The van der Waals surface area contributed by atoms with Crippen molar-refractivity contribution in [2.45, 2.75) is 19.0 Å². The van der Waals surface area contributed by atoms with Crippen molar-refractivity contribution in [3.8, 4) is 0 Å². The standard InChI is InChI=1S/C23H20BrN3O3/c24-18-9-7-17(8-10-18)21(28)19-20(16-5-2-1-3-6-16)27(23(30)22(19)29)13-4-12-26-14-11-25-15-26/h1-3,5-11,14-15,19-20H,4,12-13H2. The Kier molecular flexibility index (Phi) is 5.90. The molecule has 0 aliphatic carbocycles. The molecule has 1 fully saturated rings. The number of aryl methyl sites for hydroxylation is 1. The van der Waals surface area contributed by atoms with E-state index in [4.69, 9.17) is 0 Å². The zero-order chi connectivity index (χ0) is 21.1. The summed E-state index contributed by atoms with van der Waals surface area (Å²) in [6.45, 7) is 1.05. The van der Waals surface area contributed by atoms with E-state index in [9.17, 15) is 14.4 Å². The number of halogens is 1. The maximum Gasteiger partial charge on any atom is 0.291 e. The summed E-state index contributed by atoms with van der Waals surface area (Å²) in [5.41, 5.74) is 1.21. The van der Waals surface area contributed by atoms with Gasteiger partial charge in [-0.05, 0) is 24.1 Å². The molecule has 30 heavy (non-hydrogen) atoms. The van der Waals surface area contributed by atoms with Gasteiger partial charge in [-0.2, -0.15) is 0 Å². The van der Waals surface area contributed by atoms with Gasteiger partial charge < -0.3 is 9.47 Å². The molecule has 4 rings (SSSR count). The van der Waals surface area contributed by atoms with Crippen molar-refractivity contribution in [1.29, 1.82) is 0 Å². The summed E-state index contributed by atoms with van der Waals surface area (Å²) in [5, 5.41) is 0. The Morgan fingerprint density at radius 3 is 2.40 bits per heavy atom. The third kappa shape index (κ3) is 3.98. The Morgan fingerprint density at radius 2 is 1.73 bits per heavy atom. The van der Waals surface area contributed by atoms with Gasteiger partial charge in [-0.25, -0.2) is 4.98 Å². The lowest BCUT2D eigenvalue weighted by molar-refractivity contribution is -0.140. The number of benzene rings is 2. The summed E-state index contributed by atoms with van der Waals surface area (Å²) >= 11 is 3.36. The summed E-state index contributed by atoms with van der Waals surface area (Å²) in [6, 6.07) is 15.6. The first kappa shape index (κ1) is 20.2. The molecule has 1 aromatic heterocycles. The van der Waals surface area contributed by atoms with Gasteiger partial charge in [0.2, 0.25) is 5.78 Å². The highest BCUT2D eigenvalue weighted by molar-refractivity contribution is 9.10. The van der Waals surface area contributed by atoms with Crippen LogP contribution in [-0.4, -0.2) is 38.5 Å². The zero-order valence-corrected chi connectivity index (χ0v) is 17.7. The smallest absolute Gasteiger partial charge is 0.291 e.